The minimum absolute atomic E-state index is 0.397. The van der Waals surface area contributed by atoms with Gasteiger partial charge in [0.2, 0.25) is 6.08 Å². The average molecular weight is 221 g/mol. The van der Waals surface area contributed by atoms with Crippen LogP contribution in [0.25, 0.3) is 0 Å². The van der Waals surface area contributed by atoms with E-state index in [1.54, 1.807) is 6.07 Å². The summed E-state index contributed by atoms with van der Waals surface area (Å²) < 4.78 is 13.3. The third-order valence-corrected chi connectivity index (χ3v) is 3.18. The molecule has 0 aromatic heterocycles. The molecule has 1 aromatic carbocycles. The van der Waals surface area contributed by atoms with Crippen molar-refractivity contribution in [2.45, 2.75) is 31.2 Å². The quantitative estimate of drug-likeness (QED) is 0.616. The maximum absolute atomic E-state index is 13.3. The molecule has 1 aliphatic rings. The monoisotopic (exact) mass is 221 g/mol. The smallest absolute Gasteiger partial charge is 0.235 e. The van der Waals surface area contributed by atoms with Crippen LogP contribution in [0.4, 0.5) is 4.39 Å². The van der Waals surface area contributed by atoms with Crippen molar-refractivity contribution in [3.63, 3.8) is 0 Å². The first-order valence-corrected chi connectivity index (χ1v) is 5.27. The summed E-state index contributed by atoms with van der Waals surface area (Å²) in [6.45, 7) is 0. The minimum atomic E-state index is -0.770. The number of nitrogens with zero attached hydrogens (tertiary/aromatic N) is 1. The molecule has 0 unspecified atom stereocenters. The van der Waals surface area contributed by atoms with Gasteiger partial charge in [-0.25, -0.2) is 9.18 Å². The lowest BCUT2D eigenvalue weighted by atomic mass is 9.88. The normalized spacial score (nSPS) is 18.1. The molecular formula is C12H12FNO2. The molecule has 0 bridgehead atoms. The summed E-state index contributed by atoms with van der Waals surface area (Å²) in [5, 5.41) is 9.68. The van der Waals surface area contributed by atoms with Gasteiger partial charge >= 0.3 is 0 Å². The number of aromatic hydroxyl groups is 1. The molecule has 0 aliphatic heterocycles. The second kappa shape index (κ2) is 4.06. The van der Waals surface area contributed by atoms with Gasteiger partial charge in [-0.05, 0) is 18.9 Å². The lowest BCUT2D eigenvalue weighted by molar-refractivity contribution is 0.385. The highest BCUT2D eigenvalue weighted by atomic mass is 19.1. The maximum atomic E-state index is 13.3. The zero-order valence-corrected chi connectivity index (χ0v) is 8.74. The van der Waals surface area contributed by atoms with Gasteiger partial charge in [-0.15, -0.1) is 0 Å². The lowest BCUT2D eigenvalue weighted by Crippen LogP contribution is -2.19. The molecule has 0 spiro atoms. The summed E-state index contributed by atoms with van der Waals surface area (Å²) in [5.74, 6) is -1.08. The molecule has 1 N–H and O–H groups in total. The van der Waals surface area contributed by atoms with Crippen LogP contribution in [0, 0.1) is 5.82 Å². The van der Waals surface area contributed by atoms with Crippen molar-refractivity contribution < 1.29 is 14.3 Å². The van der Waals surface area contributed by atoms with E-state index in [0.717, 1.165) is 12.8 Å². The Balaban J connectivity index is 2.55. The third-order valence-electron chi connectivity index (χ3n) is 3.18. The van der Waals surface area contributed by atoms with E-state index in [0.29, 0.717) is 18.4 Å². The molecule has 0 radical (unpaired) electrons. The molecule has 16 heavy (non-hydrogen) atoms. The fourth-order valence-electron chi connectivity index (χ4n) is 2.38. The number of benzene rings is 1. The molecule has 1 saturated carbocycles. The van der Waals surface area contributed by atoms with E-state index in [9.17, 15) is 14.3 Å². The van der Waals surface area contributed by atoms with Crippen LogP contribution < -0.4 is 0 Å². The predicted molar refractivity (Wildman–Crippen MR) is 56.3 cm³/mol. The standard InChI is InChI=1S/C12H12FNO2/c13-10-5-3-4-9(11(10)16)12(14-8-15)6-1-2-7-12/h3-5,16H,1-2,6-7H2. The van der Waals surface area contributed by atoms with Gasteiger partial charge in [0.15, 0.2) is 11.6 Å². The van der Waals surface area contributed by atoms with E-state index in [1.807, 2.05) is 0 Å². The lowest BCUT2D eigenvalue weighted by Gasteiger charge is -2.23. The Morgan fingerprint density at radius 2 is 2.06 bits per heavy atom. The molecule has 0 atom stereocenters. The molecule has 2 rings (SSSR count). The maximum Gasteiger partial charge on any atom is 0.235 e. The average Bonchev–Trinajstić information content (AvgIpc) is 2.72. The Kier molecular flexibility index (Phi) is 2.75. The summed E-state index contributed by atoms with van der Waals surface area (Å²) in [4.78, 5) is 14.3. The zero-order valence-electron chi connectivity index (χ0n) is 8.74. The second-order valence-corrected chi connectivity index (χ2v) is 4.08. The fourth-order valence-corrected chi connectivity index (χ4v) is 2.38. The van der Waals surface area contributed by atoms with Crippen LogP contribution in [0.1, 0.15) is 31.2 Å². The number of carbonyl (C=O) groups excluding carboxylic acids is 1. The highest BCUT2D eigenvalue weighted by Gasteiger charge is 2.38. The molecule has 1 aliphatic carbocycles. The first-order valence-electron chi connectivity index (χ1n) is 5.27. The summed E-state index contributed by atoms with van der Waals surface area (Å²) in [6.07, 6.45) is 4.68. The molecular weight excluding hydrogens is 209 g/mol. The molecule has 1 aromatic rings. The fraction of sp³-hybridized carbons (Fsp3) is 0.417. The van der Waals surface area contributed by atoms with E-state index in [-0.39, 0.29) is 0 Å². The Morgan fingerprint density at radius 3 is 2.69 bits per heavy atom. The molecule has 0 saturated heterocycles. The summed E-state index contributed by atoms with van der Waals surface area (Å²) >= 11 is 0. The zero-order chi connectivity index (χ0) is 11.6. The topological polar surface area (TPSA) is 49.7 Å². The number of aliphatic imine (C=N–C) groups is 1. The van der Waals surface area contributed by atoms with Gasteiger partial charge in [0.05, 0.1) is 0 Å². The van der Waals surface area contributed by atoms with Gasteiger partial charge in [-0.2, -0.15) is 4.99 Å². The molecule has 84 valence electrons. The van der Waals surface area contributed by atoms with E-state index in [4.69, 9.17) is 0 Å². The van der Waals surface area contributed by atoms with Crippen LogP contribution in [0.5, 0.6) is 5.75 Å². The van der Waals surface area contributed by atoms with E-state index in [1.165, 1.54) is 18.2 Å². The Morgan fingerprint density at radius 1 is 1.38 bits per heavy atom. The van der Waals surface area contributed by atoms with Crippen LogP contribution in [0.15, 0.2) is 23.2 Å². The first kappa shape index (κ1) is 10.8. The number of phenols is 1. The van der Waals surface area contributed by atoms with Gasteiger partial charge in [0, 0.05) is 5.56 Å². The molecule has 3 nitrogen and oxygen atoms in total. The number of phenolic OH excluding ortho intramolecular Hbond substituents is 1. The van der Waals surface area contributed by atoms with Gasteiger partial charge < -0.3 is 5.11 Å². The molecule has 1 fully saturated rings. The number of rotatable bonds is 2. The second-order valence-electron chi connectivity index (χ2n) is 4.08. The van der Waals surface area contributed by atoms with Crippen LogP contribution in [-0.2, 0) is 10.3 Å². The van der Waals surface area contributed by atoms with Crippen LogP contribution in [-0.4, -0.2) is 11.2 Å². The molecule has 0 amide bonds. The van der Waals surface area contributed by atoms with E-state index < -0.39 is 17.1 Å². The first-order chi connectivity index (χ1) is 7.69. The number of hydrogen-bond donors (Lipinski definition) is 1. The summed E-state index contributed by atoms with van der Waals surface area (Å²) in [5.41, 5.74) is -0.373. The van der Waals surface area contributed by atoms with Crippen LogP contribution >= 0.6 is 0 Å². The minimum Gasteiger partial charge on any atom is -0.505 e. The van der Waals surface area contributed by atoms with Crippen molar-refractivity contribution >= 4 is 6.08 Å². The van der Waals surface area contributed by atoms with Crippen LogP contribution in [0.3, 0.4) is 0 Å². The third kappa shape index (κ3) is 1.61. The van der Waals surface area contributed by atoms with Gasteiger partial charge in [-0.1, -0.05) is 25.0 Å². The number of isocyanates is 1. The molecule has 0 heterocycles. The number of hydrogen-bond acceptors (Lipinski definition) is 3. The highest BCUT2D eigenvalue weighted by molar-refractivity contribution is 5.44. The van der Waals surface area contributed by atoms with E-state index in [2.05, 4.69) is 4.99 Å². The van der Waals surface area contributed by atoms with E-state index >= 15 is 0 Å². The van der Waals surface area contributed by atoms with Crippen molar-refractivity contribution in [2.24, 2.45) is 4.99 Å². The number of halogens is 1. The largest absolute Gasteiger partial charge is 0.505 e. The van der Waals surface area contributed by atoms with Gasteiger partial charge in [0.1, 0.15) is 5.54 Å². The van der Waals surface area contributed by atoms with Crippen molar-refractivity contribution in [3.8, 4) is 5.75 Å². The predicted octanol–water partition coefficient (Wildman–Crippen LogP) is 2.64. The van der Waals surface area contributed by atoms with Crippen LogP contribution in [0.2, 0.25) is 0 Å². The van der Waals surface area contributed by atoms with Crippen molar-refractivity contribution in [1.29, 1.82) is 0 Å². The van der Waals surface area contributed by atoms with Gasteiger partial charge in [0.25, 0.3) is 0 Å². The Hall–Kier alpha value is -1.67. The summed E-state index contributed by atoms with van der Waals surface area (Å²) in [7, 11) is 0. The van der Waals surface area contributed by atoms with Crippen molar-refractivity contribution in [3.05, 3.63) is 29.6 Å². The SMILES string of the molecule is O=C=NC1(c2cccc(F)c2O)CCCC1. The summed E-state index contributed by atoms with van der Waals surface area (Å²) in [6, 6.07) is 4.32. The molecule has 4 heteroatoms. The van der Waals surface area contributed by atoms with Crippen molar-refractivity contribution in [2.75, 3.05) is 0 Å². The number of para-hydroxylation sites is 1. The highest BCUT2D eigenvalue weighted by Crippen LogP contribution is 2.45. The Bertz CT molecular complexity index is 446. The van der Waals surface area contributed by atoms with Crippen molar-refractivity contribution in [1.82, 2.24) is 0 Å². The van der Waals surface area contributed by atoms with Gasteiger partial charge in [-0.3, -0.25) is 0 Å². The Labute approximate surface area is 92.6 Å².